The smallest absolute Gasteiger partial charge is 0.320 e. The molecule has 1 atom stereocenters. The minimum Gasteiger partial charge on any atom is -0.480 e. The van der Waals surface area contributed by atoms with Crippen molar-refractivity contribution in [3.63, 3.8) is 0 Å². The van der Waals surface area contributed by atoms with Crippen molar-refractivity contribution in [2.24, 2.45) is 16.5 Å². The van der Waals surface area contributed by atoms with Crippen LogP contribution in [0.15, 0.2) is 16.9 Å². The van der Waals surface area contributed by atoms with Crippen LogP contribution in [-0.2, 0) is 4.79 Å². The van der Waals surface area contributed by atoms with E-state index in [4.69, 9.17) is 16.6 Å². The highest BCUT2D eigenvalue weighted by atomic mass is 19.1. The van der Waals surface area contributed by atoms with Gasteiger partial charge in [0.05, 0.1) is 18.2 Å². The average Bonchev–Trinajstić information content (AvgIpc) is 2.13. The minimum absolute atomic E-state index is 0.00655. The molecule has 0 aromatic carbocycles. The molecule has 0 aliphatic rings. The molecule has 86 valence electrons. The van der Waals surface area contributed by atoms with Crippen LogP contribution in [0.1, 0.15) is 19.8 Å². The maximum absolute atomic E-state index is 13.0. The molecular formula is C9H16FN3O2. The van der Waals surface area contributed by atoms with Crippen LogP contribution < -0.4 is 11.5 Å². The molecular weight excluding hydrogens is 201 g/mol. The molecule has 0 amide bonds. The summed E-state index contributed by atoms with van der Waals surface area (Å²) in [6.07, 6.45) is 1.33. The zero-order valence-corrected chi connectivity index (χ0v) is 8.61. The third kappa shape index (κ3) is 7.63. The lowest BCUT2D eigenvalue weighted by atomic mass is 10.1. The zero-order chi connectivity index (χ0) is 11.8. The average molecular weight is 217 g/mol. The summed E-state index contributed by atoms with van der Waals surface area (Å²) in [7, 11) is 0. The molecule has 0 saturated carbocycles. The van der Waals surface area contributed by atoms with Crippen LogP contribution >= 0.6 is 0 Å². The molecule has 6 heteroatoms. The Morgan fingerprint density at radius 2 is 2.27 bits per heavy atom. The van der Waals surface area contributed by atoms with Crippen LogP contribution in [0.5, 0.6) is 0 Å². The van der Waals surface area contributed by atoms with Crippen molar-refractivity contribution in [3.05, 3.63) is 11.9 Å². The predicted molar refractivity (Wildman–Crippen MR) is 56.2 cm³/mol. The molecule has 0 spiro atoms. The van der Waals surface area contributed by atoms with Gasteiger partial charge in [0.2, 0.25) is 0 Å². The topological polar surface area (TPSA) is 102 Å². The number of nitrogens with two attached hydrogens (primary N) is 2. The third-order valence-corrected chi connectivity index (χ3v) is 1.66. The summed E-state index contributed by atoms with van der Waals surface area (Å²) in [6.45, 7) is 1.77. The number of carboxylic acids is 1. The number of carboxylic acid groups (broad SMARTS) is 1. The van der Waals surface area contributed by atoms with Crippen LogP contribution in [-0.4, -0.2) is 29.5 Å². The molecule has 0 fully saturated rings. The molecule has 0 aromatic heterocycles. The van der Waals surface area contributed by atoms with Gasteiger partial charge < -0.3 is 16.6 Å². The number of allylic oxidation sites excluding steroid dienone is 1. The van der Waals surface area contributed by atoms with E-state index in [-0.39, 0.29) is 19.4 Å². The van der Waals surface area contributed by atoms with Gasteiger partial charge >= 0.3 is 5.97 Å². The van der Waals surface area contributed by atoms with Gasteiger partial charge in [-0.25, -0.2) is 4.39 Å². The lowest BCUT2D eigenvalue weighted by Gasteiger charge is -2.03. The van der Waals surface area contributed by atoms with Crippen molar-refractivity contribution >= 4 is 11.8 Å². The second-order valence-electron chi connectivity index (χ2n) is 3.12. The van der Waals surface area contributed by atoms with Crippen LogP contribution in [0.3, 0.4) is 0 Å². The molecule has 0 radical (unpaired) electrons. The number of aliphatic imine (C=N–C) groups is 1. The van der Waals surface area contributed by atoms with E-state index in [9.17, 15) is 9.18 Å². The number of nitrogens with zero attached hydrogens (tertiary/aromatic N) is 1. The summed E-state index contributed by atoms with van der Waals surface area (Å²) in [4.78, 5) is 14.1. The van der Waals surface area contributed by atoms with Gasteiger partial charge in [-0.2, -0.15) is 0 Å². The van der Waals surface area contributed by atoms with E-state index in [0.717, 1.165) is 0 Å². The summed E-state index contributed by atoms with van der Waals surface area (Å²) in [5.74, 6) is -1.17. The Morgan fingerprint density at radius 1 is 1.67 bits per heavy atom. The van der Waals surface area contributed by atoms with Gasteiger partial charge in [-0.05, 0) is 19.4 Å². The Kier molecular flexibility index (Phi) is 6.28. The summed E-state index contributed by atoms with van der Waals surface area (Å²) >= 11 is 0. The fraction of sp³-hybridized carbons (Fsp3) is 0.556. The molecule has 0 rings (SSSR count). The number of rotatable bonds is 6. The quantitative estimate of drug-likeness (QED) is 0.443. The van der Waals surface area contributed by atoms with Crippen LogP contribution in [0, 0.1) is 0 Å². The van der Waals surface area contributed by atoms with Crippen molar-refractivity contribution in [1.82, 2.24) is 0 Å². The number of halogens is 1. The molecule has 0 bridgehead atoms. The second kappa shape index (κ2) is 6.94. The normalized spacial score (nSPS) is 15.1. The zero-order valence-electron chi connectivity index (χ0n) is 8.61. The molecule has 0 aliphatic heterocycles. The number of hydrogen-bond acceptors (Lipinski definition) is 3. The monoisotopic (exact) mass is 217 g/mol. The molecule has 5 nitrogen and oxygen atoms in total. The Hall–Kier alpha value is -1.43. The molecule has 0 unspecified atom stereocenters. The van der Waals surface area contributed by atoms with Crippen LogP contribution in [0.4, 0.5) is 4.39 Å². The first-order valence-electron chi connectivity index (χ1n) is 4.53. The number of aliphatic carboxylic acids is 1. The highest BCUT2D eigenvalue weighted by molar-refractivity contribution is 5.77. The van der Waals surface area contributed by atoms with E-state index in [1.54, 1.807) is 6.92 Å². The van der Waals surface area contributed by atoms with Gasteiger partial charge in [-0.3, -0.25) is 9.79 Å². The maximum Gasteiger partial charge on any atom is 0.320 e. The molecule has 0 aliphatic carbocycles. The van der Waals surface area contributed by atoms with Gasteiger partial charge in [-0.15, -0.1) is 0 Å². The van der Waals surface area contributed by atoms with Gasteiger partial charge in [-0.1, -0.05) is 0 Å². The first kappa shape index (κ1) is 13.6. The summed E-state index contributed by atoms with van der Waals surface area (Å²) in [5, 5.41) is 8.44. The first-order valence-corrected chi connectivity index (χ1v) is 4.53. The lowest BCUT2D eigenvalue weighted by Crippen LogP contribution is -2.29. The van der Waals surface area contributed by atoms with Crippen molar-refractivity contribution in [2.45, 2.75) is 25.8 Å². The fourth-order valence-corrected chi connectivity index (χ4v) is 0.808. The summed E-state index contributed by atoms with van der Waals surface area (Å²) < 4.78 is 13.0. The second-order valence-corrected chi connectivity index (χ2v) is 3.12. The van der Waals surface area contributed by atoms with Crippen LogP contribution in [0.25, 0.3) is 0 Å². The Morgan fingerprint density at radius 3 is 2.73 bits per heavy atom. The van der Waals surface area contributed by atoms with E-state index >= 15 is 0 Å². The number of carbonyl (C=O) groups is 1. The highest BCUT2D eigenvalue weighted by Gasteiger charge is 2.11. The van der Waals surface area contributed by atoms with Gasteiger partial charge in [0.15, 0.2) is 0 Å². The third-order valence-electron chi connectivity index (χ3n) is 1.66. The Labute approximate surface area is 87.7 Å². The maximum atomic E-state index is 13.0. The fourth-order valence-electron chi connectivity index (χ4n) is 0.808. The van der Waals surface area contributed by atoms with Crippen molar-refractivity contribution < 1.29 is 14.3 Å². The van der Waals surface area contributed by atoms with Gasteiger partial charge in [0, 0.05) is 6.42 Å². The standard InChI is InChI=1S/C9H16FN3O2/c1-6(11)13-5-4-7(10)2-3-8(12)9(14)15/h4,8H,2-3,5,12H2,1H3,(H2,11,13)(H,14,15)/t8-/m0/s1. The highest BCUT2D eigenvalue weighted by Crippen LogP contribution is 2.08. The largest absolute Gasteiger partial charge is 0.480 e. The predicted octanol–water partition coefficient (Wildman–Crippen LogP) is 0.409. The molecule has 0 heterocycles. The molecule has 0 saturated heterocycles. The minimum atomic E-state index is -1.13. The lowest BCUT2D eigenvalue weighted by molar-refractivity contribution is -0.138. The summed E-state index contributed by atoms with van der Waals surface area (Å²) in [5.41, 5.74) is 10.4. The van der Waals surface area contributed by atoms with Crippen LogP contribution in [0.2, 0.25) is 0 Å². The van der Waals surface area contributed by atoms with E-state index in [1.165, 1.54) is 6.08 Å². The van der Waals surface area contributed by atoms with E-state index < -0.39 is 17.8 Å². The molecule has 15 heavy (non-hydrogen) atoms. The molecule has 0 aromatic rings. The Bertz CT molecular complexity index is 273. The first-order chi connectivity index (χ1) is 6.93. The van der Waals surface area contributed by atoms with E-state index in [2.05, 4.69) is 4.99 Å². The number of amidine groups is 1. The van der Waals surface area contributed by atoms with Gasteiger partial charge in [0.25, 0.3) is 0 Å². The Balaban J connectivity index is 3.88. The van der Waals surface area contributed by atoms with Gasteiger partial charge in [0.1, 0.15) is 6.04 Å². The molecule has 5 N–H and O–H groups in total. The SMILES string of the molecule is CC(N)=NCC=C(F)CC[C@H](N)C(=O)O. The summed E-state index contributed by atoms with van der Waals surface area (Å²) in [6, 6.07) is -1.02. The van der Waals surface area contributed by atoms with E-state index in [1.807, 2.05) is 0 Å². The van der Waals surface area contributed by atoms with Crippen molar-refractivity contribution in [3.8, 4) is 0 Å². The van der Waals surface area contributed by atoms with E-state index in [0.29, 0.717) is 5.84 Å². The van der Waals surface area contributed by atoms with Crippen molar-refractivity contribution in [1.29, 1.82) is 0 Å². The number of hydrogen-bond donors (Lipinski definition) is 3. The van der Waals surface area contributed by atoms with Crippen molar-refractivity contribution in [2.75, 3.05) is 6.54 Å².